The van der Waals surface area contributed by atoms with Crippen LogP contribution >= 0.6 is 23.1 Å². The van der Waals surface area contributed by atoms with E-state index in [9.17, 15) is 0 Å². The summed E-state index contributed by atoms with van der Waals surface area (Å²) in [6, 6.07) is 4.34. The summed E-state index contributed by atoms with van der Waals surface area (Å²) < 4.78 is 0. The van der Waals surface area contributed by atoms with Crippen LogP contribution in [0.15, 0.2) is 17.5 Å². The Labute approximate surface area is 102 Å². The molecule has 0 bridgehead atoms. The summed E-state index contributed by atoms with van der Waals surface area (Å²) >= 11 is 3.80. The third-order valence-corrected chi connectivity index (χ3v) is 3.96. The van der Waals surface area contributed by atoms with Gasteiger partial charge in [-0.15, -0.1) is 11.3 Å². The maximum atomic E-state index is 3.50. The molecule has 86 valence electrons. The zero-order chi connectivity index (χ0) is 10.8. The first kappa shape index (κ1) is 13.1. The van der Waals surface area contributed by atoms with E-state index in [0.717, 1.165) is 6.54 Å². The van der Waals surface area contributed by atoms with Crippen molar-refractivity contribution < 1.29 is 0 Å². The molecule has 1 aromatic rings. The standard InChI is InChI=1S/C12H21NS2/c1-14-10-4-2-3-8-13-9-7-12-6-5-11-15-12/h5-6,11,13H,2-4,7-10H2,1H3. The molecule has 0 aromatic carbocycles. The normalized spacial score (nSPS) is 10.7. The Morgan fingerprint density at radius 2 is 2.20 bits per heavy atom. The van der Waals surface area contributed by atoms with Gasteiger partial charge in [-0.25, -0.2) is 0 Å². The van der Waals surface area contributed by atoms with Gasteiger partial charge in [0, 0.05) is 4.88 Å². The molecule has 0 saturated heterocycles. The van der Waals surface area contributed by atoms with E-state index < -0.39 is 0 Å². The number of nitrogens with one attached hydrogen (secondary N) is 1. The van der Waals surface area contributed by atoms with Crippen LogP contribution in [-0.2, 0) is 6.42 Å². The van der Waals surface area contributed by atoms with Crippen molar-refractivity contribution in [2.45, 2.75) is 25.7 Å². The largest absolute Gasteiger partial charge is 0.316 e. The molecule has 0 fully saturated rings. The molecule has 0 radical (unpaired) electrons. The first-order valence-corrected chi connectivity index (χ1v) is 7.93. The molecule has 1 heterocycles. The van der Waals surface area contributed by atoms with Gasteiger partial charge >= 0.3 is 0 Å². The quantitative estimate of drug-likeness (QED) is 0.667. The first-order valence-electron chi connectivity index (χ1n) is 5.65. The van der Waals surface area contributed by atoms with Crippen LogP contribution < -0.4 is 5.32 Å². The van der Waals surface area contributed by atoms with Crippen molar-refractivity contribution in [2.75, 3.05) is 25.1 Å². The van der Waals surface area contributed by atoms with Crippen LogP contribution in [-0.4, -0.2) is 25.1 Å². The van der Waals surface area contributed by atoms with Gasteiger partial charge < -0.3 is 5.32 Å². The van der Waals surface area contributed by atoms with Crippen LogP contribution in [0, 0.1) is 0 Å². The van der Waals surface area contributed by atoms with E-state index in [1.165, 1.54) is 42.9 Å². The summed E-state index contributed by atoms with van der Waals surface area (Å²) in [6.45, 7) is 2.31. The molecule has 3 heteroatoms. The molecule has 0 aliphatic heterocycles. The lowest BCUT2D eigenvalue weighted by molar-refractivity contribution is 0.620. The third-order valence-electron chi connectivity index (χ3n) is 2.33. The highest BCUT2D eigenvalue weighted by atomic mass is 32.2. The van der Waals surface area contributed by atoms with Crippen LogP contribution in [0.3, 0.4) is 0 Å². The molecule has 0 aliphatic rings. The number of unbranched alkanes of at least 4 members (excludes halogenated alkanes) is 2. The highest BCUT2D eigenvalue weighted by Crippen LogP contribution is 2.08. The number of thioether (sulfide) groups is 1. The van der Waals surface area contributed by atoms with Gasteiger partial charge in [0.2, 0.25) is 0 Å². The minimum atomic E-state index is 1.13. The van der Waals surface area contributed by atoms with E-state index in [0.29, 0.717) is 0 Å². The van der Waals surface area contributed by atoms with Crippen LogP contribution in [0.25, 0.3) is 0 Å². The van der Waals surface area contributed by atoms with E-state index in [4.69, 9.17) is 0 Å². The molecular formula is C12H21NS2. The van der Waals surface area contributed by atoms with Crippen molar-refractivity contribution in [2.24, 2.45) is 0 Å². The highest BCUT2D eigenvalue weighted by molar-refractivity contribution is 7.98. The monoisotopic (exact) mass is 243 g/mol. The summed E-state index contributed by atoms with van der Waals surface area (Å²) in [5.41, 5.74) is 0. The van der Waals surface area contributed by atoms with Gasteiger partial charge in [0.05, 0.1) is 0 Å². The number of rotatable bonds is 9. The van der Waals surface area contributed by atoms with Gasteiger partial charge in [0.15, 0.2) is 0 Å². The van der Waals surface area contributed by atoms with Crippen LogP contribution in [0.4, 0.5) is 0 Å². The zero-order valence-corrected chi connectivity index (χ0v) is 11.1. The van der Waals surface area contributed by atoms with Crippen molar-refractivity contribution >= 4 is 23.1 Å². The summed E-state index contributed by atoms with van der Waals surface area (Å²) in [4.78, 5) is 1.49. The Balaban J connectivity index is 1.81. The molecule has 1 aromatic heterocycles. The summed E-state index contributed by atoms with van der Waals surface area (Å²) in [5, 5.41) is 5.65. The second kappa shape index (κ2) is 9.25. The molecule has 1 N–H and O–H groups in total. The van der Waals surface area contributed by atoms with E-state index in [-0.39, 0.29) is 0 Å². The van der Waals surface area contributed by atoms with Crippen LogP contribution in [0.5, 0.6) is 0 Å². The van der Waals surface area contributed by atoms with Crippen molar-refractivity contribution in [3.8, 4) is 0 Å². The number of hydrogen-bond donors (Lipinski definition) is 1. The third kappa shape index (κ3) is 6.98. The summed E-state index contributed by atoms with van der Waals surface area (Å²) in [5.74, 6) is 1.31. The Morgan fingerprint density at radius 3 is 2.93 bits per heavy atom. The van der Waals surface area contributed by atoms with Crippen molar-refractivity contribution in [1.29, 1.82) is 0 Å². The Morgan fingerprint density at radius 1 is 1.27 bits per heavy atom. The maximum Gasteiger partial charge on any atom is 0.00578 e. The number of hydrogen-bond acceptors (Lipinski definition) is 3. The minimum absolute atomic E-state index is 1.13. The molecule has 0 spiro atoms. The predicted molar refractivity (Wildman–Crippen MR) is 73.1 cm³/mol. The Hall–Kier alpha value is 0.01000. The molecule has 1 rings (SSSR count). The highest BCUT2D eigenvalue weighted by Gasteiger charge is 1.93. The van der Waals surface area contributed by atoms with Gasteiger partial charge in [0.25, 0.3) is 0 Å². The SMILES string of the molecule is CSCCCCCNCCc1cccs1. The number of thiophene rings is 1. The van der Waals surface area contributed by atoms with Gasteiger partial charge in [-0.05, 0) is 55.8 Å². The smallest absolute Gasteiger partial charge is 0.00578 e. The molecule has 0 unspecified atom stereocenters. The Bertz CT molecular complexity index is 222. The van der Waals surface area contributed by atoms with Gasteiger partial charge in [-0.2, -0.15) is 11.8 Å². The van der Waals surface area contributed by atoms with E-state index in [2.05, 4.69) is 29.1 Å². The van der Waals surface area contributed by atoms with Crippen molar-refractivity contribution in [3.63, 3.8) is 0 Å². The average molecular weight is 243 g/mol. The Kier molecular flexibility index (Phi) is 8.07. The van der Waals surface area contributed by atoms with Gasteiger partial charge in [-0.3, -0.25) is 0 Å². The van der Waals surface area contributed by atoms with Gasteiger partial charge in [0.1, 0.15) is 0 Å². The van der Waals surface area contributed by atoms with E-state index in [1.54, 1.807) is 0 Å². The molecular weight excluding hydrogens is 222 g/mol. The fourth-order valence-corrected chi connectivity index (χ4v) is 2.67. The topological polar surface area (TPSA) is 12.0 Å². The lowest BCUT2D eigenvalue weighted by Crippen LogP contribution is -2.18. The second-order valence-electron chi connectivity index (χ2n) is 3.63. The molecule has 0 amide bonds. The van der Waals surface area contributed by atoms with E-state index >= 15 is 0 Å². The van der Waals surface area contributed by atoms with Crippen molar-refractivity contribution in [3.05, 3.63) is 22.4 Å². The second-order valence-corrected chi connectivity index (χ2v) is 5.65. The van der Waals surface area contributed by atoms with Crippen LogP contribution in [0.2, 0.25) is 0 Å². The average Bonchev–Trinajstić information content (AvgIpc) is 2.75. The van der Waals surface area contributed by atoms with Crippen LogP contribution in [0.1, 0.15) is 24.1 Å². The molecule has 0 atom stereocenters. The predicted octanol–water partition coefficient (Wildman–Crippen LogP) is 3.41. The molecule has 1 nitrogen and oxygen atoms in total. The molecule has 0 saturated carbocycles. The minimum Gasteiger partial charge on any atom is -0.316 e. The summed E-state index contributed by atoms with van der Waals surface area (Å²) in [6.07, 6.45) is 7.42. The van der Waals surface area contributed by atoms with Gasteiger partial charge in [-0.1, -0.05) is 12.5 Å². The molecule has 15 heavy (non-hydrogen) atoms. The maximum absolute atomic E-state index is 3.50. The summed E-state index contributed by atoms with van der Waals surface area (Å²) in [7, 11) is 0. The molecule has 0 aliphatic carbocycles. The van der Waals surface area contributed by atoms with Crippen molar-refractivity contribution in [1.82, 2.24) is 5.32 Å². The fraction of sp³-hybridized carbons (Fsp3) is 0.667. The lowest BCUT2D eigenvalue weighted by atomic mass is 10.2. The lowest BCUT2D eigenvalue weighted by Gasteiger charge is -2.03. The van der Waals surface area contributed by atoms with E-state index in [1.807, 2.05) is 23.1 Å². The fourth-order valence-electron chi connectivity index (χ4n) is 1.46. The first-order chi connectivity index (χ1) is 7.43. The zero-order valence-electron chi connectivity index (χ0n) is 9.50.